The predicted octanol–water partition coefficient (Wildman–Crippen LogP) is 8.92. The summed E-state index contributed by atoms with van der Waals surface area (Å²) in [5, 5.41) is 4.20. The summed E-state index contributed by atoms with van der Waals surface area (Å²) < 4.78 is 2.98. The summed E-state index contributed by atoms with van der Waals surface area (Å²) in [5.41, 5.74) is 6.45. The van der Waals surface area contributed by atoms with Gasteiger partial charge in [-0.2, -0.15) is 0 Å². The molecule has 0 amide bonds. The molecule has 2 fully saturated rings. The Labute approximate surface area is 251 Å². The second-order valence-corrected chi connectivity index (χ2v) is 20.8. The fraction of sp³-hybridized carbons (Fsp3) is 0.526. The highest BCUT2D eigenvalue weighted by molar-refractivity contribution is 6.76. The molecule has 5 aliphatic rings. The van der Waals surface area contributed by atoms with E-state index in [2.05, 4.69) is 163 Å². The molecule has 1 heterocycles. The fourth-order valence-electron chi connectivity index (χ4n) is 9.06. The van der Waals surface area contributed by atoms with Crippen LogP contribution in [0.2, 0.25) is 18.6 Å². The molecule has 5 unspecified atom stereocenters. The van der Waals surface area contributed by atoms with Crippen molar-refractivity contribution in [1.82, 2.24) is 9.88 Å². The molecule has 0 spiro atoms. The van der Waals surface area contributed by atoms with Crippen LogP contribution in [-0.2, 0) is 10.8 Å². The largest absolute Gasteiger partial charge is 0.299 e. The average Bonchev–Trinajstić information content (AvgIpc) is 3.38. The second-order valence-electron chi connectivity index (χ2n) is 16.4. The van der Waals surface area contributed by atoms with Crippen LogP contribution in [0.3, 0.4) is 0 Å². The number of hydrogen-bond donors (Lipinski definition) is 1. The van der Waals surface area contributed by atoms with Crippen molar-refractivity contribution in [2.45, 2.75) is 103 Å². The lowest BCUT2D eigenvalue weighted by Gasteiger charge is -2.51. The van der Waals surface area contributed by atoms with Gasteiger partial charge in [0.15, 0.2) is 0 Å². The maximum Gasteiger partial charge on any atom is 0.129 e. The lowest BCUT2D eigenvalue weighted by atomic mass is 9.77. The summed E-state index contributed by atoms with van der Waals surface area (Å²) in [6.07, 6.45) is 26.6. The second kappa shape index (κ2) is 9.66. The third-order valence-electron chi connectivity index (χ3n) is 10.8. The Hall–Kier alpha value is -2.20. The molecule has 2 nitrogen and oxygen atoms in total. The Morgan fingerprint density at radius 3 is 1.66 bits per heavy atom. The molecular formula is C38H52N2Si. The number of nitrogens with one attached hydrogen (secondary N) is 1. The number of hydrogen-bond acceptors (Lipinski definition) is 2. The average molecular weight is 565 g/mol. The monoisotopic (exact) mass is 564 g/mol. The van der Waals surface area contributed by atoms with Crippen LogP contribution in [0.5, 0.6) is 0 Å². The molecule has 0 radical (unpaired) electrons. The Balaban J connectivity index is 1.40. The Morgan fingerprint density at radius 1 is 0.683 bits per heavy atom. The third-order valence-corrected chi connectivity index (χ3v) is 15.3. The van der Waals surface area contributed by atoms with E-state index in [-0.39, 0.29) is 22.5 Å². The van der Waals surface area contributed by atoms with Crippen LogP contribution in [0.1, 0.15) is 72.1 Å². The van der Waals surface area contributed by atoms with E-state index in [0.29, 0.717) is 35.3 Å². The van der Waals surface area contributed by atoms with Gasteiger partial charge in [-0.15, -0.1) is 0 Å². The lowest BCUT2D eigenvalue weighted by molar-refractivity contribution is 0.227. The van der Waals surface area contributed by atoms with Crippen molar-refractivity contribution in [2.75, 3.05) is 0 Å². The zero-order chi connectivity index (χ0) is 29.5. The maximum atomic E-state index is 4.20. The quantitative estimate of drug-likeness (QED) is 0.369. The van der Waals surface area contributed by atoms with Gasteiger partial charge in [0.25, 0.3) is 0 Å². The van der Waals surface area contributed by atoms with Crippen molar-refractivity contribution in [3.63, 3.8) is 0 Å². The van der Waals surface area contributed by atoms with Gasteiger partial charge < -0.3 is 0 Å². The van der Waals surface area contributed by atoms with Gasteiger partial charge in [0.2, 0.25) is 0 Å². The van der Waals surface area contributed by atoms with E-state index in [4.69, 9.17) is 0 Å². The van der Waals surface area contributed by atoms with Gasteiger partial charge in [0.1, 0.15) is 8.24 Å². The van der Waals surface area contributed by atoms with Crippen LogP contribution in [0, 0.1) is 23.7 Å². The molecule has 0 aromatic heterocycles. The van der Waals surface area contributed by atoms with Gasteiger partial charge in [0.05, 0.1) is 11.7 Å². The molecule has 0 bridgehead atoms. The molecule has 1 aromatic rings. The lowest BCUT2D eigenvalue weighted by Crippen LogP contribution is -2.64. The van der Waals surface area contributed by atoms with Crippen molar-refractivity contribution < 1.29 is 0 Å². The molecule has 1 saturated carbocycles. The Bertz CT molecular complexity index is 1320. The molecule has 41 heavy (non-hydrogen) atoms. The zero-order valence-electron chi connectivity index (χ0n) is 27.1. The minimum absolute atomic E-state index is 0.0939. The van der Waals surface area contributed by atoms with Gasteiger partial charge in [0, 0.05) is 6.04 Å². The number of allylic oxidation sites excluding steroid dienone is 10. The third kappa shape index (κ3) is 4.77. The van der Waals surface area contributed by atoms with E-state index in [0.717, 1.165) is 0 Å². The normalized spacial score (nSPS) is 34.0. The summed E-state index contributed by atoms with van der Waals surface area (Å²) in [6, 6.07) is 8.02. The van der Waals surface area contributed by atoms with Crippen LogP contribution >= 0.6 is 0 Å². The summed E-state index contributed by atoms with van der Waals surface area (Å²) >= 11 is 0. The van der Waals surface area contributed by atoms with E-state index in [1.807, 2.05) is 0 Å². The molecule has 1 aliphatic heterocycles. The highest BCUT2D eigenvalue weighted by Crippen LogP contribution is 2.60. The molecule has 6 atom stereocenters. The molecular weight excluding hydrogens is 513 g/mol. The molecule has 4 aliphatic carbocycles. The van der Waals surface area contributed by atoms with Crippen LogP contribution in [0.4, 0.5) is 0 Å². The standard InChI is InChI=1S/C38H52N2Si/c1-36(2,3)26-22-25(23-27(24-26)37(4,5)6)28-20-15-21-33-34(28)39-38(7,8)40(33)41(9,10)35-31-18-13-11-16-29(31)30-17-12-14-19-32(30)35/h11-24,29-35,39H,1-10H3/t29?,30?,31?,32?,33-,34?,35?/m1/s1. The molecule has 3 heteroatoms. The summed E-state index contributed by atoms with van der Waals surface area (Å²) in [7, 11) is -1.99. The molecule has 218 valence electrons. The molecule has 1 aromatic carbocycles. The first-order valence-electron chi connectivity index (χ1n) is 15.9. The summed E-state index contributed by atoms with van der Waals surface area (Å²) in [4.78, 5) is 0. The Morgan fingerprint density at radius 2 is 1.17 bits per heavy atom. The maximum absolute atomic E-state index is 4.20. The van der Waals surface area contributed by atoms with Crippen LogP contribution in [0.15, 0.2) is 85.0 Å². The predicted molar refractivity (Wildman–Crippen MR) is 179 cm³/mol. The van der Waals surface area contributed by atoms with E-state index in [1.165, 1.54) is 22.3 Å². The van der Waals surface area contributed by atoms with Crippen LogP contribution in [-0.4, -0.2) is 30.5 Å². The molecule has 1 saturated heterocycles. The van der Waals surface area contributed by atoms with Gasteiger partial charge in [-0.3, -0.25) is 9.88 Å². The number of fused-ring (bicyclic) bond motifs is 4. The highest BCUT2D eigenvalue weighted by Gasteiger charge is 2.61. The summed E-state index contributed by atoms with van der Waals surface area (Å²) in [5.74, 6) is 2.45. The van der Waals surface area contributed by atoms with E-state index in [9.17, 15) is 0 Å². The van der Waals surface area contributed by atoms with Gasteiger partial charge in [-0.05, 0) is 76.2 Å². The first kappa shape index (κ1) is 28.9. The van der Waals surface area contributed by atoms with Crippen molar-refractivity contribution in [3.05, 3.63) is 102 Å². The first-order valence-corrected chi connectivity index (χ1v) is 19.0. The topological polar surface area (TPSA) is 15.3 Å². The minimum Gasteiger partial charge on any atom is -0.299 e. The fourth-order valence-corrected chi connectivity index (χ4v) is 14.4. The van der Waals surface area contributed by atoms with Crippen molar-refractivity contribution >= 4 is 13.8 Å². The first-order chi connectivity index (χ1) is 19.1. The number of rotatable bonds is 3. The minimum atomic E-state index is -1.99. The smallest absolute Gasteiger partial charge is 0.129 e. The van der Waals surface area contributed by atoms with Gasteiger partial charge in [-0.1, -0.05) is 140 Å². The number of benzene rings is 1. The van der Waals surface area contributed by atoms with E-state index in [1.54, 1.807) is 0 Å². The van der Waals surface area contributed by atoms with Gasteiger partial charge in [-0.25, -0.2) is 0 Å². The highest BCUT2D eigenvalue weighted by atomic mass is 28.3. The van der Waals surface area contributed by atoms with E-state index < -0.39 is 8.24 Å². The van der Waals surface area contributed by atoms with Gasteiger partial charge >= 0.3 is 0 Å². The SMILES string of the molecule is CC(C)(C)c1cc(C2=CC=C[C@@H]3C2NC(C)(C)N3[Si](C)(C)C2C3C=CC=CC3C3C=CC=CC32)cc(C(C)(C)C)c1. The number of nitrogens with zero attached hydrogens (tertiary/aromatic N) is 1. The molecule has 1 N–H and O–H groups in total. The van der Waals surface area contributed by atoms with Crippen LogP contribution < -0.4 is 5.32 Å². The Kier molecular flexibility index (Phi) is 6.81. The zero-order valence-corrected chi connectivity index (χ0v) is 28.1. The molecule has 6 rings (SSSR count). The van der Waals surface area contributed by atoms with Crippen molar-refractivity contribution in [2.24, 2.45) is 23.7 Å². The van der Waals surface area contributed by atoms with Crippen LogP contribution in [0.25, 0.3) is 5.57 Å². The van der Waals surface area contributed by atoms with Crippen molar-refractivity contribution in [1.29, 1.82) is 0 Å². The van der Waals surface area contributed by atoms with Crippen molar-refractivity contribution in [3.8, 4) is 0 Å². The summed E-state index contributed by atoms with van der Waals surface area (Å²) in [6.45, 7) is 24.3. The van der Waals surface area contributed by atoms with E-state index >= 15 is 0 Å².